The van der Waals surface area contributed by atoms with E-state index < -0.39 is 0 Å². The van der Waals surface area contributed by atoms with Gasteiger partial charge in [-0.1, -0.05) is 121 Å². The molecule has 10 rings (SSSR count). The Hall–Kier alpha value is -6.46. The number of hydrogen-bond donors (Lipinski definition) is 0. The van der Waals surface area contributed by atoms with Crippen LogP contribution in [0.4, 0.5) is 34.1 Å². The molecule has 0 atom stereocenters. The summed E-state index contributed by atoms with van der Waals surface area (Å²) >= 11 is 3.72. The summed E-state index contributed by atoms with van der Waals surface area (Å²) in [5, 5.41) is 5.19. The maximum atomic E-state index is 2.33. The van der Waals surface area contributed by atoms with Crippen molar-refractivity contribution in [2.75, 3.05) is 9.80 Å². The smallest absolute Gasteiger partial charge is 0.0476 e. The summed E-state index contributed by atoms with van der Waals surface area (Å²) in [7, 11) is 0. The minimum Gasteiger partial charge on any atom is -0.310 e. The zero-order valence-electron chi connectivity index (χ0n) is 29.3. The van der Waals surface area contributed by atoms with Gasteiger partial charge in [-0.3, -0.25) is 0 Å². The molecule has 0 saturated heterocycles. The Bertz CT molecular complexity index is 2650. The number of benzene rings is 8. The molecule has 2 aromatic heterocycles. The lowest BCUT2D eigenvalue weighted by molar-refractivity contribution is 1.29. The normalized spacial score (nSPS) is 11.6. The van der Waals surface area contributed by atoms with Crippen LogP contribution in [0.3, 0.4) is 0 Å². The Morgan fingerprint density at radius 2 is 0.574 bits per heavy atom. The van der Waals surface area contributed by atoms with Gasteiger partial charge in [0.1, 0.15) is 0 Å². The molecule has 0 radical (unpaired) electrons. The van der Waals surface area contributed by atoms with Crippen LogP contribution in [-0.2, 0) is 0 Å². The molecule has 0 aliphatic carbocycles. The summed E-state index contributed by atoms with van der Waals surface area (Å²) in [4.78, 5) is 4.66. The van der Waals surface area contributed by atoms with Crippen molar-refractivity contribution in [3.05, 3.63) is 205 Å². The summed E-state index contributed by atoms with van der Waals surface area (Å²) in [5.41, 5.74) is 9.30. The van der Waals surface area contributed by atoms with E-state index in [9.17, 15) is 0 Å². The minimum absolute atomic E-state index is 1.15. The number of fused-ring (bicyclic) bond motifs is 6. The van der Waals surface area contributed by atoms with Gasteiger partial charge in [0.15, 0.2) is 0 Å². The van der Waals surface area contributed by atoms with Crippen molar-refractivity contribution in [3.8, 4) is 0 Å². The van der Waals surface area contributed by atoms with E-state index >= 15 is 0 Å². The van der Waals surface area contributed by atoms with Crippen LogP contribution in [0.15, 0.2) is 194 Å². The van der Waals surface area contributed by atoms with Crippen molar-refractivity contribution in [2.45, 2.75) is 0 Å². The second kappa shape index (κ2) is 13.8. The molecule has 0 N–H and O–H groups in total. The highest BCUT2D eigenvalue weighted by Gasteiger charge is 2.16. The Morgan fingerprint density at radius 3 is 0.907 bits per heavy atom. The third-order valence-corrected chi connectivity index (χ3v) is 12.2. The minimum atomic E-state index is 1.15. The van der Waals surface area contributed by atoms with E-state index in [0.29, 0.717) is 0 Å². The molecule has 256 valence electrons. The molecule has 0 aliphatic rings. The van der Waals surface area contributed by atoms with Gasteiger partial charge in [0.2, 0.25) is 0 Å². The molecule has 0 saturated carbocycles. The molecule has 0 bridgehead atoms. The molecular weight excluding hydrogens is 693 g/mol. The zero-order valence-corrected chi connectivity index (χ0v) is 31.0. The van der Waals surface area contributed by atoms with Gasteiger partial charge in [0.25, 0.3) is 0 Å². The van der Waals surface area contributed by atoms with Crippen LogP contribution in [0.1, 0.15) is 11.1 Å². The first kappa shape index (κ1) is 32.2. The highest BCUT2D eigenvalue weighted by molar-refractivity contribution is 7.26. The third-order valence-electron chi connectivity index (χ3n) is 10.0. The maximum absolute atomic E-state index is 2.33. The van der Waals surface area contributed by atoms with Gasteiger partial charge < -0.3 is 9.80 Å². The van der Waals surface area contributed by atoms with E-state index in [4.69, 9.17) is 0 Å². The highest BCUT2D eigenvalue weighted by Crippen LogP contribution is 2.42. The lowest BCUT2D eigenvalue weighted by Gasteiger charge is -2.25. The predicted octanol–water partition coefficient (Wildman–Crippen LogP) is 15.5. The van der Waals surface area contributed by atoms with E-state index in [1.165, 1.54) is 51.5 Å². The summed E-state index contributed by atoms with van der Waals surface area (Å²) in [5.74, 6) is 0. The first-order valence-electron chi connectivity index (χ1n) is 18.2. The fraction of sp³-hybridized carbons (Fsp3) is 0. The van der Waals surface area contributed by atoms with E-state index in [0.717, 1.165) is 34.1 Å². The van der Waals surface area contributed by atoms with Gasteiger partial charge >= 0.3 is 0 Å². The van der Waals surface area contributed by atoms with Crippen molar-refractivity contribution in [2.24, 2.45) is 0 Å². The molecule has 0 fully saturated rings. The van der Waals surface area contributed by atoms with Crippen molar-refractivity contribution in [1.29, 1.82) is 0 Å². The van der Waals surface area contributed by atoms with Crippen LogP contribution < -0.4 is 9.80 Å². The van der Waals surface area contributed by atoms with Crippen LogP contribution in [-0.4, -0.2) is 0 Å². The lowest BCUT2D eigenvalue weighted by atomic mass is 10.1. The summed E-state index contributed by atoms with van der Waals surface area (Å²) in [6, 6.07) is 69.8. The summed E-state index contributed by atoms with van der Waals surface area (Å²) in [6.07, 6.45) is 4.48. The van der Waals surface area contributed by atoms with E-state index in [2.05, 4.69) is 216 Å². The Labute approximate surface area is 322 Å². The molecule has 0 spiro atoms. The topological polar surface area (TPSA) is 6.48 Å². The van der Waals surface area contributed by atoms with Gasteiger partial charge in [0.05, 0.1) is 0 Å². The molecule has 0 unspecified atom stereocenters. The number of nitrogens with zero attached hydrogens (tertiary/aromatic N) is 2. The predicted molar refractivity (Wildman–Crippen MR) is 237 cm³/mol. The quantitative estimate of drug-likeness (QED) is 0.144. The van der Waals surface area contributed by atoms with E-state index in [1.807, 2.05) is 22.7 Å². The van der Waals surface area contributed by atoms with Gasteiger partial charge in [-0.15, -0.1) is 22.7 Å². The van der Waals surface area contributed by atoms with E-state index in [-0.39, 0.29) is 0 Å². The van der Waals surface area contributed by atoms with Gasteiger partial charge in [-0.2, -0.15) is 0 Å². The molecule has 8 aromatic carbocycles. The Balaban J connectivity index is 0.951. The average Bonchev–Trinajstić information content (AvgIpc) is 3.78. The van der Waals surface area contributed by atoms with Crippen LogP contribution in [0, 0.1) is 0 Å². The Morgan fingerprint density at radius 1 is 0.278 bits per heavy atom. The first-order valence-corrected chi connectivity index (χ1v) is 19.8. The fourth-order valence-corrected chi connectivity index (χ4v) is 9.82. The van der Waals surface area contributed by atoms with Gasteiger partial charge in [0, 0.05) is 74.5 Å². The molecule has 4 heteroatoms. The van der Waals surface area contributed by atoms with Gasteiger partial charge in [-0.05, 0) is 96.1 Å². The fourth-order valence-electron chi connectivity index (χ4n) is 7.45. The second-order valence-electron chi connectivity index (χ2n) is 13.4. The molecule has 0 amide bonds. The summed E-state index contributed by atoms with van der Waals surface area (Å²) < 4.78 is 5.17. The molecular formula is C50H34N2S2. The largest absolute Gasteiger partial charge is 0.310 e. The first-order chi connectivity index (χ1) is 26.7. The van der Waals surface area contributed by atoms with Crippen molar-refractivity contribution >= 4 is 109 Å². The number of thiophene rings is 2. The van der Waals surface area contributed by atoms with Crippen LogP contribution in [0.2, 0.25) is 0 Å². The summed E-state index contributed by atoms with van der Waals surface area (Å²) in [6.45, 7) is 0. The standard InChI is InChI=1S/C50H34N2S2/c1-5-13-37(14-6-1)51(38-15-7-2-8-16-38)41-25-29-45-43-27-23-35(31-47(43)53-49(45)33-41)21-22-36-24-28-44-46-30-26-42(34-50(46)54-48(44)32-36)52(39-17-9-3-10-18-39)40-19-11-4-12-20-40/h1-34H. The van der Waals surface area contributed by atoms with Crippen LogP contribution in [0.25, 0.3) is 52.5 Å². The third kappa shape index (κ3) is 6.02. The molecule has 2 nitrogen and oxygen atoms in total. The van der Waals surface area contributed by atoms with Crippen LogP contribution >= 0.6 is 22.7 Å². The van der Waals surface area contributed by atoms with Crippen molar-refractivity contribution in [3.63, 3.8) is 0 Å². The van der Waals surface area contributed by atoms with Gasteiger partial charge in [-0.25, -0.2) is 0 Å². The van der Waals surface area contributed by atoms with Crippen LogP contribution in [0.5, 0.6) is 0 Å². The monoisotopic (exact) mass is 726 g/mol. The molecule has 2 heterocycles. The second-order valence-corrected chi connectivity index (χ2v) is 15.6. The SMILES string of the molecule is C(=Cc1ccc2c(c1)sc1cc(N(c3ccccc3)c3ccccc3)ccc12)c1ccc2c(c1)sc1cc(N(c3ccccc3)c3ccccc3)ccc12. The Kier molecular flexibility index (Phi) is 8.25. The van der Waals surface area contributed by atoms with E-state index in [1.54, 1.807) is 0 Å². The number of anilines is 6. The maximum Gasteiger partial charge on any atom is 0.0476 e. The molecule has 10 aromatic rings. The molecule has 54 heavy (non-hydrogen) atoms. The lowest BCUT2D eigenvalue weighted by Crippen LogP contribution is -2.09. The van der Waals surface area contributed by atoms with Crippen molar-refractivity contribution < 1.29 is 0 Å². The number of hydrogen-bond acceptors (Lipinski definition) is 4. The highest BCUT2D eigenvalue weighted by atomic mass is 32.1. The number of para-hydroxylation sites is 4. The number of rotatable bonds is 8. The zero-order chi connectivity index (χ0) is 35.8. The van der Waals surface area contributed by atoms with Crippen molar-refractivity contribution in [1.82, 2.24) is 0 Å². The average molecular weight is 727 g/mol. The molecule has 0 aliphatic heterocycles.